The molecule has 3 heteroatoms. The summed E-state index contributed by atoms with van der Waals surface area (Å²) in [5.74, 6) is 0.547. The fraction of sp³-hybridized carbons (Fsp3) is 0.167. The van der Waals surface area contributed by atoms with Crippen molar-refractivity contribution in [3.05, 3.63) is 78.4 Å². The molecular formula is C18H19NO2. The number of benzene rings is 2. The Bertz CT molecular complexity index is 608. The summed E-state index contributed by atoms with van der Waals surface area (Å²) in [6.07, 6.45) is 1.67. The van der Waals surface area contributed by atoms with Crippen LogP contribution in [0, 0.1) is 0 Å². The number of hydrogen-bond donors (Lipinski definition) is 1. The molecule has 1 N–H and O–H groups in total. The second kappa shape index (κ2) is 7.29. The minimum absolute atomic E-state index is 0.0450. The van der Waals surface area contributed by atoms with Gasteiger partial charge in [-0.2, -0.15) is 0 Å². The van der Waals surface area contributed by atoms with Crippen LogP contribution in [0.5, 0.6) is 5.75 Å². The van der Waals surface area contributed by atoms with E-state index in [-0.39, 0.29) is 11.9 Å². The van der Waals surface area contributed by atoms with Gasteiger partial charge in [0, 0.05) is 5.56 Å². The molecule has 0 bridgehead atoms. The third-order valence-electron chi connectivity index (χ3n) is 3.11. The van der Waals surface area contributed by atoms with E-state index >= 15 is 0 Å². The Hall–Kier alpha value is -2.55. The van der Waals surface area contributed by atoms with Gasteiger partial charge in [0.1, 0.15) is 12.4 Å². The number of carbonyl (C=O) groups excluding carboxylic acids is 1. The largest absolute Gasteiger partial charge is 0.490 e. The van der Waals surface area contributed by atoms with Crippen LogP contribution in [0.25, 0.3) is 0 Å². The maximum atomic E-state index is 12.3. The third kappa shape index (κ3) is 4.21. The van der Waals surface area contributed by atoms with Crippen molar-refractivity contribution in [2.75, 3.05) is 6.61 Å². The molecule has 1 atom stereocenters. The predicted molar refractivity (Wildman–Crippen MR) is 84.5 cm³/mol. The topological polar surface area (TPSA) is 38.3 Å². The zero-order valence-electron chi connectivity index (χ0n) is 12.1. The van der Waals surface area contributed by atoms with Gasteiger partial charge in [-0.1, -0.05) is 49.1 Å². The Labute approximate surface area is 125 Å². The van der Waals surface area contributed by atoms with Gasteiger partial charge in [0.05, 0.1) is 6.04 Å². The van der Waals surface area contributed by atoms with Crippen molar-refractivity contribution in [1.29, 1.82) is 0 Å². The molecule has 0 saturated heterocycles. The minimum atomic E-state index is -0.115. The molecule has 3 nitrogen and oxygen atoms in total. The molecule has 0 radical (unpaired) electrons. The zero-order chi connectivity index (χ0) is 15.1. The normalized spacial score (nSPS) is 11.5. The van der Waals surface area contributed by atoms with Crippen molar-refractivity contribution in [3.63, 3.8) is 0 Å². The summed E-state index contributed by atoms with van der Waals surface area (Å²) in [6, 6.07) is 17.0. The molecule has 0 aromatic heterocycles. The van der Waals surface area contributed by atoms with Gasteiger partial charge < -0.3 is 10.1 Å². The maximum absolute atomic E-state index is 12.3. The first-order chi connectivity index (χ1) is 10.2. The molecule has 1 amide bonds. The van der Waals surface area contributed by atoms with Gasteiger partial charge in [0.15, 0.2) is 0 Å². The lowest BCUT2D eigenvalue weighted by atomic mass is 10.1. The summed E-state index contributed by atoms with van der Waals surface area (Å²) >= 11 is 0. The van der Waals surface area contributed by atoms with E-state index in [0.29, 0.717) is 17.9 Å². The summed E-state index contributed by atoms with van der Waals surface area (Å²) in [4.78, 5) is 12.3. The van der Waals surface area contributed by atoms with Gasteiger partial charge in [-0.05, 0) is 30.7 Å². The highest BCUT2D eigenvalue weighted by atomic mass is 16.5. The minimum Gasteiger partial charge on any atom is -0.490 e. The van der Waals surface area contributed by atoms with Crippen LogP contribution >= 0.6 is 0 Å². The molecule has 21 heavy (non-hydrogen) atoms. The lowest BCUT2D eigenvalue weighted by Gasteiger charge is -2.14. The number of hydrogen-bond acceptors (Lipinski definition) is 2. The molecule has 0 aliphatic rings. The molecular weight excluding hydrogens is 262 g/mol. The van der Waals surface area contributed by atoms with Crippen LogP contribution in [0.15, 0.2) is 67.3 Å². The molecule has 108 valence electrons. The summed E-state index contributed by atoms with van der Waals surface area (Å²) in [5, 5.41) is 2.98. The molecule has 0 heterocycles. The monoisotopic (exact) mass is 281 g/mol. The van der Waals surface area contributed by atoms with Crippen LogP contribution in [0.3, 0.4) is 0 Å². The molecule has 1 unspecified atom stereocenters. The first-order valence-corrected chi connectivity index (χ1v) is 6.90. The lowest BCUT2D eigenvalue weighted by Crippen LogP contribution is -2.26. The summed E-state index contributed by atoms with van der Waals surface area (Å²) in [5.41, 5.74) is 1.66. The van der Waals surface area contributed by atoms with Crippen molar-refractivity contribution in [1.82, 2.24) is 5.32 Å². The molecule has 0 fully saturated rings. The molecule has 0 aliphatic carbocycles. The van der Waals surface area contributed by atoms with E-state index in [0.717, 1.165) is 5.56 Å². The summed E-state index contributed by atoms with van der Waals surface area (Å²) < 4.78 is 5.44. The number of ether oxygens (including phenoxy) is 1. The highest BCUT2D eigenvalue weighted by molar-refractivity contribution is 5.94. The smallest absolute Gasteiger partial charge is 0.251 e. The predicted octanol–water partition coefficient (Wildman–Crippen LogP) is 3.74. The van der Waals surface area contributed by atoms with Crippen LogP contribution in [0.2, 0.25) is 0 Å². The lowest BCUT2D eigenvalue weighted by molar-refractivity contribution is 0.0939. The molecule has 2 aromatic rings. The van der Waals surface area contributed by atoms with Gasteiger partial charge in [0.25, 0.3) is 5.91 Å². The molecule has 2 rings (SSSR count). The van der Waals surface area contributed by atoms with E-state index in [1.165, 1.54) is 0 Å². The third-order valence-corrected chi connectivity index (χ3v) is 3.11. The number of amides is 1. The second-order valence-corrected chi connectivity index (χ2v) is 4.73. The van der Waals surface area contributed by atoms with Crippen LogP contribution < -0.4 is 10.1 Å². The van der Waals surface area contributed by atoms with Gasteiger partial charge in [-0.15, -0.1) is 0 Å². The van der Waals surface area contributed by atoms with E-state index in [4.69, 9.17) is 4.74 Å². The van der Waals surface area contributed by atoms with Gasteiger partial charge in [0.2, 0.25) is 0 Å². The first kappa shape index (κ1) is 14.9. The van der Waals surface area contributed by atoms with Crippen LogP contribution in [0.1, 0.15) is 28.9 Å². The van der Waals surface area contributed by atoms with Crippen molar-refractivity contribution >= 4 is 5.91 Å². The average molecular weight is 281 g/mol. The van der Waals surface area contributed by atoms with E-state index in [1.807, 2.05) is 43.3 Å². The van der Waals surface area contributed by atoms with Gasteiger partial charge >= 0.3 is 0 Å². The van der Waals surface area contributed by atoms with Crippen molar-refractivity contribution in [2.24, 2.45) is 0 Å². The van der Waals surface area contributed by atoms with Crippen molar-refractivity contribution in [3.8, 4) is 5.75 Å². The Balaban J connectivity index is 2.04. The Kier molecular flexibility index (Phi) is 5.16. The molecule has 2 aromatic carbocycles. The Morgan fingerprint density at radius 1 is 1.24 bits per heavy atom. The van der Waals surface area contributed by atoms with E-state index < -0.39 is 0 Å². The highest BCUT2D eigenvalue weighted by Gasteiger charge is 2.11. The Morgan fingerprint density at radius 3 is 2.71 bits per heavy atom. The van der Waals surface area contributed by atoms with Crippen LogP contribution in [-0.4, -0.2) is 12.5 Å². The molecule has 0 spiro atoms. The summed E-state index contributed by atoms with van der Waals surface area (Å²) in [7, 11) is 0. The van der Waals surface area contributed by atoms with E-state index in [1.54, 1.807) is 24.3 Å². The van der Waals surface area contributed by atoms with Crippen LogP contribution in [-0.2, 0) is 0 Å². The van der Waals surface area contributed by atoms with Gasteiger partial charge in [-0.25, -0.2) is 0 Å². The zero-order valence-corrected chi connectivity index (χ0v) is 12.1. The second-order valence-electron chi connectivity index (χ2n) is 4.73. The number of nitrogens with one attached hydrogen (secondary N) is 1. The van der Waals surface area contributed by atoms with E-state index in [2.05, 4.69) is 11.9 Å². The quantitative estimate of drug-likeness (QED) is 0.819. The van der Waals surface area contributed by atoms with Crippen molar-refractivity contribution in [2.45, 2.75) is 13.0 Å². The number of rotatable bonds is 6. The van der Waals surface area contributed by atoms with E-state index in [9.17, 15) is 4.79 Å². The number of carbonyl (C=O) groups is 1. The molecule has 0 aliphatic heterocycles. The Morgan fingerprint density at radius 2 is 2.00 bits per heavy atom. The first-order valence-electron chi connectivity index (χ1n) is 6.90. The van der Waals surface area contributed by atoms with Crippen molar-refractivity contribution < 1.29 is 9.53 Å². The highest BCUT2D eigenvalue weighted by Crippen LogP contribution is 2.16. The average Bonchev–Trinajstić information content (AvgIpc) is 2.54. The maximum Gasteiger partial charge on any atom is 0.251 e. The fourth-order valence-electron chi connectivity index (χ4n) is 1.99. The SMILES string of the molecule is C=CCOc1cccc(C(=O)NC(C)c2ccccc2)c1. The summed E-state index contributed by atoms with van der Waals surface area (Å²) in [6.45, 7) is 5.99. The standard InChI is InChI=1S/C18H19NO2/c1-3-12-21-17-11-7-10-16(13-17)18(20)19-14(2)15-8-5-4-6-9-15/h3-11,13-14H,1,12H2,2H3,(H,19,20). The molecule has 0 saturated carbocycles. The van der Waals surface area contributed by atoms with Crippen LogP contribution in [0.4, 0.5) is 0 Å². The van der Waals surface area contributed by atoms with Gasteiger partial charge in [-0.3, -0.25) is 4.79 Å². The fourth-order valence-corrected chi connectivity index (χ4v) is 1.99.